The summed E-state index contributed by atoms with van der Waals surface area (Å²) in [6.45, 7) is 0. The van der Waals surface area contributed by atoms with Crippen molar-refractivity contribution in [3.05, 3.63) is 58.6 Å². The molecule has 0 bridgehead atoms. The Morgan fingerprint density at radius 1 is 0.583 bits per heavy atom. The van der Waals surface area contributed by atoms with E-state index in [-0.39, 0.29) is 0 Å². The van der Waals surface area contributed by atoms with Gasteiger partial charge in [0, 0.05) is 11.1 Å². The summed E-state index contributed by atoms with van der Waals surface area (Å²) in [4.78, 5) is 0. The van der Waals surface area contributed by atoms with Crippen molar-refractivity contribution in [2.75, 3.05) is 0 Å². The van der Waals surface area contributed by atoms with Crippen LogP contribution in [0.2, 0.25) is 0 Å². The molecule has 1 aromatic carbocycles. The zero-order chi connectivity index (χ0) is 16.8. The molecule has 0 amide bonds. The number of hydrogen-bond donors (Lipinski definition) is 0. The lowest BCUT2D eigenvalue weighted by molar-refractivity contribution is 0.373. The van der Waals surface area contributed by atoms with Crippen molar-refractivity contribution >= 4 is 23.2 Å². The van der Waals surface area contributed by atoms with E-state index in [4.69, 9.17) is 23.2 Å². The third kappa shape index (κ3) is 4.67. The Bertz CT molecular complexity index is 491. The number of rotatable bonds is 4. The highest BCUT2D eigenvalue weighted by Crippen LogP contribution is 2.39. The second-order valence-corrected chi connectivity index (χ2v) is 8.03. The van der Waals surface area contributed by atoms with Gasteiger partial charge in [-0.05, 0) is 86.2 Å². The normalized spacial score (nSPS) is 31.8. The van der Waals surface area contributed by atoms with Gasteiger partial charge in [0.15, 0.2) is 0 Å². The lowest BCUT2D eigenvalue weighted by atomic mass is 9.76. The van der Waals surface area contributed by atoms with E-state index in [0.717, 1.165) is 11.8 Å². The summed E-state index contributed by atoms with van der Waals surface area (Å²) >= 11 is 11.4. The summed E-state index contributed by atoms with van der Waals surface area (Å²) in [6.07, 6.45) is 14.6. The van der Waals surface area contributed by atoms with Crippen molar-refractivity contribution in [1.82, 2.24) is 0 Å². The monoisotopic (exact) mass is 362 g/mol. The summed E-state index contributed by atoms with van der Waals surface area (Å²) in [7, 11) is 0. The number of hydrogen-bond acceptors (Lipinski definition) is 0. The van der Waals surface area contributed by atoms with E-state index >= 15 is 0 Å². The number of benzene rings is 1. The van der Waals surface area contributed by atoms with Gasteiger partial charge in [0.05, 0.1) is 0 Å². The highest BCUT2D eigenvalue weighted by Gasteiger charge is 2.23. The van der Waals surface area contributed by atoms with Crippen LogP contribution < -0.4 is 0 Å². The molecule has 2 saturated carbocycles. The summed E-state index contributed by atoms with van der Waals surface area (Å²) in [5, 5.41) is 0. The number of halogens is 2. The maximum absolute atomic E-state index is 5.72. The minimum atomic E-state index is 0.690. The van der Waals surface area contributed by atoms with Gasteiger partial charge in [-0.1, -0.05) is 59.6 Å². The average molecular weight is 363 g/mol. The molecule has 0 N–H and O–H groups in total. The fourth-order valence-electron chi connectivity index (χ4n) is 4.54. The van der Waals surface area contributed by atoms with E-state index in [1.54, 1.807) is 11.1 Å². The van der Waals surface area contributed by atoms with Crippen LogP contribution >= 0.6 is 23.2 Å². The molecular formula is C22H28Cl2. The lowest BCUT2D eigenvalue weighted by Crippen LogP contribution is -2.13. The maximum atomic E-state index is 5.72. The topological polar surface area (TPSA) is 0 Å². The van der Waals surface area contributed by atoms with Gasteiger partial charge in [-0.25, -0.2) is 0 Å². The highest BCUT2D eigenvalue weighted by atomic mass is 35.5. The molecule has 2 fully saturated rings. The zero-order valence-electron chi connectivity index (χ0n) is 14.3. The Balaban J connectivity index is 1.54. The first-order valence-corrected chi connectivity index (χ1v) is 10.3. The molecular weight excluding hydrogens is 335 g/mol. The quantitative estimate of drug-likeness (QED) is 0.513. The second kappa shape index (κ2) is 9.11. The minimum absolute atomic E-state index is 0.690. The zero-order valence-corrected chi connectivity index (χ0v) is 15.9. The van der Waals surface area contributed by atoms with Gasteiger partial charge in [0.2, 0.25) is 0 Å². The van der Waals surface area contributed by atoms with E-state index in [1.165, 1.54) is 62.5 Å². The van der Waals surface area contributed by atoms with Crippen LogP contribution in [-0.2, 0) is 0 Å². The van der Waals surface area contributed by atoms with E-state index < -0.39 is 0 Å². The average Bonchev–Trinajstić information content (AvgIpc) is 2.64. The predicted octanol–water partition coefficient (Wildman–Crippen LogP) is 7.74. The molecule has 0 aromatic heterocycles. The van der Waals surface area contributed by atoms with Crippen molar-refractivity contribution in [3.63, 3.8) is 0 Å². The van der Waals surface area contributed by atoms with E-state index in [1.807, 2.05) is 0 Å². The van der Waals surface area contributed by atoms with E-state index in [2.05, 4.69) is 36.4 Å². The Morgan fingerprint density at radius 2 is 0.917 bits per heavy atom. The summed E-state index contributed by atoms with van der Waals surface area (Å²) in [6, 6.07) is 9.57. The summed E-state index contributed by atoms with van der Waals surface area (Å²) < 4.78 is 0. The second-order valence-electron chi connectivity index (χ2n) is 7.53. The summed E-state index contributed by atoms with van der Waals surface area (Å²) in [5.41, 5.74) is 6.45. The van der Waals surface area contributed by atoms with Crippen molar-refractivity contribution in [2.45, 2.75) is 63.2 Å². The van der Waals surface area contributed by atoms with Gasteiger partial charge in [-0.15, -0.1) is 0 Å². The van der Waals surface area contributed by atoms with Crippen molar-refractivity contribution in [1.29, 1.82) is 0 Å². The molecule has 0 aliphatic heterocycles. The van der Waals surface area contributed by atoms with Gasteiger partial charge in [-0.3, -0.25) is 0 Å². The first kappa shape index (κ1) is 18.1. The van der Waals surface area contributed by atoms with Gasteiger partial charge in [0.25, 0.3) is 0 Å². The van der Waals surface area contributed by atoms with Gasteiger partial charge >= 0.3 is 0 Å². The van der Waals surface area contributed by atoms with Gasteiger partial charge < -0.3 is 0 Å². The minimum Gasteiger partial charge on any atom is -0.0933 e. The first-order chi connectivity index (χ1) is 11.8. The smallest absolute Gasteiger partial charge is 0.000525 e. The molecule has 24 heavy (non-hydrogen) atoms. The van der Waals surface area contributed by atoms with Gasteiger partial charge in [0.1, 0.15) is 0 Å². The van der Waals surface area contributed by atoms with Crippen molar-refractivity contribution in [3.8, 4) is 0 Å². The van der Waals surface area contributed by atoms with Crippen LogP contribution in [0, 0.1) is 11.8 Å². The van der Waals surface area contributed by atoms with Crippen LogP contribution in [0.5, 0.6) is 0 Å². The Hall–Kier alpha value is -0.720. The summed E-state index contributed by atoms with van der Waals surface area (Å²) in [5.74, 6) is 2.86. The largest absolute Gasteiger partial charge is 0.0933 e. The third-order valence-electron chi connectivity index (χ3n) is 6.11. The molecule has 130 valence electrons. The van der Waals surface area contributed by atoms with Crippen LogP contribution in [0.1, 0.15) is 74.3 Å². The lowest BCUT2D eigenvalue weighted by Gasteiger charge is -2.29. The van der Waals surface area contributed by atoms with Crippen LogP contribution in [0.25, 0.3) is 0 Å². The van der Waals surface area contributed by atoms with Crippen LogP contribution in [0.15, 0.2) is 47.5 Å². The third-order valence-corrected chi connectivity index (χ3v) is 6.40. The maximum Gasteiger partial charge on any atom is 0.000525 e. The Labute approximate surface area is 156 Å². The molecule has 0 atom stereocenters. The van der Waals surface area contributed by atoms with E-state index in [0.29, 0.717) is 11.8 Å². The van der Waals surface area contributed by atoms with E-state index in [9.17, 15) is 0 Å². The standard InChI is InChI=1S/C22H28Cl2/c23-15-13-17-1-5-19(6-2-17)21-9-11-22(12-10-21)20-7-3-18(4-8-20)14-16-24/h9-20H,1-8H2. The molecule has 0 spiro atoms. The molecule has 1 aromatic rings. The molecule has 2 aliphatic rings. The van der Waals surface area contributed by atoms with Crippen molar-refractivity contribution < 1.29 is 0 Å². The molecule has 0 heterocycles. The number of allylic oxidation sites excluding steroid dienone is 2. The van der Waals surface area contributed by atoms with Crippen LogP contribution in [0.4, 0.5) is 0 Å². The van der Waals surface area contributed by atoms with Crippen LogP contribution in [-0.4, -0.2) is 0 Å². The molecule has 2 aliphatic carbocycles. The Kier molecular flexibility index (Phi) is 6.86. The van der Waals surface area contributed by atoms with Crippen LogP contribution in [0.3, 0.4) is 0 Å². The SMILES string of the molecule is ClC=CC1CCC(c2ccc(C3CCC(C=CCl)CC3)cc2)CC1. The highest BCUT2D eigenvalue weighted by molar-refractivity contribution is 6.25. The molecule has 0 unspecified atom stereocenters. The Morgan fingerprint density at radius 3 is 1.21 bits per heavy atom. The predicted molar refractivity (Wildman–Crippen MR) is 106 cm³/mol. The molecule has 0 nitrogen and oxygen atoms in total. The molecule has 2 heteroatoms. The fourth-order valence-corrected chi connectivity index (χ4v) is 4.95. The molecule has 3 rings (SSSR count). The first-order valence-electron chi connectivity index (χ1n) is 9.43. The van der Waals surface area contributed by atoms with Crippen molar-refractivity contribution in [2.24, 2.45) is 11.8 Å². The molecule has 0 saturated heterocycles. The fraction of sp³-hybridized carbons (Fsp3) is 0.545. The van der Waals surface area contributed by atoms with Gasteiger partial charge in [-0.2, -0.15) is 0 Å². The molecule has 0 radical (unpaired) electrons.